The van der Waals surface area contributed by atoms with Crippen LogP contribution in [0.15, 0.2) is 85.1 Å². The highest BCUT2D eigenvalue weighted by molar-refractivity contribution is 7.47. The lowest BCUT2D eigenvalue weighted by Crippen LogP contribution is -2.45. The maximum Gasteiger partial charge on any atom is 0.472 e. The molecule has 9 heteroatoms. The van der Waals surface area contributed by atoms with Crippen molar-refractivity contribution < 1.29 is 28.4 Å². The van der Waals surface area contributed by atoms with Crippen LogP contribution < -0.4 is 11.1 Å². The molecular weight excluding hydrogens is 683 g/mol. The van der Waals surface area contributed by atoms with Crippen LogP contribution in [-0.2, 0) is 18.4 Å². The molecule has 0 saturated heterocycles. The van der Waals surface area contributed by atoms with Crippen LogP contribution in [0, 0.1) is 0 Å². The lowest BCUT2D eigenvalue weighted by atomic mass is 10.1. The molecule has 0 aromatic rings. The number of rotatable bonds is 37. The van der Waals surface area contributed by atoms with Crippen molar-refractivity contribution in [3.05, 3.63) is 85.1 Å². The zero-order valence-corrected chi connectivity index (χ0v) is 34.4. The molecule has 0 spiro atoms. The minimum Gasteiger partial charge on any atom is -0.387 e. The first-order chi connectivity index (χ1) is 25.9. The zero-order chi connectivity index (χ0) is 38.9. The maximum absolute atomic E-state index is 12.7. The Labute approximate surface area is 324 Å². The van der Waals surface area contributed by atoms with Crippen LogP contribution in [-0.4, -0.2) is 47.8 Å². The molecular formula is C44H77N2O6P. The van der Waals surface area contributed by atoms with Crippen molar-refractivity contribution in [2.75, 3.05) is 19.8 Å². The Bertz CT molecular complexity index is 1100. The van der Waals surface area contributed by atoms with Crippen molar-refractivity contribution in [1.82, 2.24) is 5.32 Å². The minimum absolute atomic E-state index is 0.0673. The van der Waals surface area contributed by atoms with Gasteiger partial charge in [0.05, 0.1) is 25.4 Å². The van der Waals surface area contributed by atoms with E-state index in [-0.39, 0.29) is 25.7 Å². The number of carbonyl (C=O) groups excluding carboxylic acids is 1. The normalized spacial score (nSPS) is 15.0. The van der Waals surface area contributed by atoms with E-state index in [0.29, 0.717) is 6.42 Å². The molecule has 3 unspecified atom stereocenters. The molecule has 0 aliphatic carbocycles. The summed E-state index contributed by atoms with van der Waals surface area (Å²) < 4.78 is 22.0. The molecule has 0 aliphatic heterocycles. The van der Waals surface area contributed by atoms with Gasteiger partial charge in [0.25, 0.3) is 0 Å². The average Bonchev–Trinajstić information content (AvgIpc) is 3.14. The second kappa shape index (κ2) is 39.4. The third-order valence-corrected chi connectivity index (χ3v) is 9.44. The molecule has 1 amide bonds. The second-order valence-electron chi connectivity index (χ2n) is 13.5. The van der Waals surface area contributed by atoms with E-state index >= 15 is 0 Å². The molecule has 0 bridgehead atoms. The monoisotopic (exact) mass is 761 g/mol. The van der Waals surface area contributed by atoms with Crippen LogP contribution in [0.25, 0.3) is 0 Å². The molecule has 0 aromatic heterocycles. The molecule has 0 heterocycles. The van der Waals surface area contributed by atoms with Gasteiger partial charge < -0.3 is 21.1 Å². The number of nitrogens with one attached hydrogen (secondary N) is 1. The highest BCUT2D eigenvalue weighted by atomic mass is 31.2. The fourth-order valence-corrected chi connectivity index (χ4v) is 6.11. The van der Waals surface area contributed by atoms with Crippen molar-refractivity contribution >= 4 is 13.7 Å². The molecule has 53 heavy (non-hydrogen) atoms. The molecule has 0 saturated carbocycles. The molecule has 0 radical (unpaired) electrons. The van der Waals surface area contributed by atoms with Crippen molar-refractivity contribution in [2.24, 2.45) is 5.73 Å². The van der Waals surface area contributed by atoms with Crippen LogP contribution in [0.2, 0.25) is 0 Å². The maximum atomic E-state index is 12.7. The number of hydrogen-bond donors (Lipinski definition) is 4. The van der Waals surface area contributed by atoms with Gasteiger partial charge in [-0.05, 0) is 77.0 Å². The van der Waals surface area contributed by atoms with Gasteiger partial charge in [-0.25, -0.2) is 4.57 Å². The molecule has 0 fully saturated rings. The summed E-state index contributed by atoms with van der Waals surface area (Å²) in [5.74, 6) is -0.222. The van der Waals surface area contributed by atoms with Gasteiger partial charge in [-0.2, -0.15) is 0 Å². The fourth-order valence-electron chi connectivity index (χ4n) is 5.35. The fraction of sp³-hybridized carbons (Fsp3) is 0.659. The summed E-state index contributed by atoms with van der Waals surface area (Å²) in [5.41, 5.74) is 5.36. The number of unbranched alkanes of at least 4 members (excludes halogenated alkanes) is 13. The summed E-state index contributed by atoms with van der Waals surface area (Å²) in [7, 11) is -4.35. The smallest absolute Gasteiger partial charge is 0.387 e. The first-order valence-electron chi connectivity index (χ1n) is 20.7. The van der Waals surface area contributed by atoms with Crippen LogP contribution in [0.4, 0.5) is 0 Å². The number of allylic oxidation sites excluding steroid dienone is 13. The van der Waals surface area contributed by atoms with Crippen molar-refractivity contribution in [2.45, 2.75) is 167 Å². The summed E-state index contributed by atoms with van der Waals surface area (Å²) in [6, 6.07) is -0.887. The molecule has 8 nitrogen and oxygen atoms in total. The number of nitrogens with two attached hydrogens (primary N) is 1. The van der Waals surface area contributed by atoms with Gasteiger partial charge in [0.1, 0.15) is 0 Å². The Morgan fingerprint density at radius 2 is 1.11 bits per heavy atom. The van der Waals surface area contributed by atoms with E-state index in [1.165, 1.54) is 51.4 Å². The van der Waals surface area contributed by atoms with Crippen LogP contribution in [0.1, 0.15) is 155 Å². The Hall–Kier alpha value is -2.32. The number of phosphoric acid groups is 1. The van der Waals surface area contributed by atoms with E-state index in [1.54, 1.807) is 6.08 Å². The van der Waals surface area contributed by atoms with Gasteiger partial charge in [0.2, 0.25) is 5.91 Å². The predicted octanol–water partition coefficient (Wildman–Crippen LogP) is 11.4. The molecule has 0 rings (SSSR count). The van der Waals surface area contributed by atoms with E-state index < -0.39 is 20.0 Å². The van der Waals surface area contributed by atoms with E-state index in [4.69, 9.17) is 14.8 Å². The van der Waals surface area contributed by atoms with Crippen molar-refractivity contribution in [1.29, 1.82) is 0 Å². The number of aliphatic hydroxyl groups is 1. The molecule has 0 aliphatic rings. The van der Waals surface area contributed by atoms with Gasteiger partial charge in [-0.1, -0.05) is 157 Å². The summed E-state index contributed by atoms with van der Waals surface area (Å²) in [5, 5.41) is 13.6. The topological polar surface area (TPSA) is 131 Å². The minimum atomic E-state index is -4.35. The Morgan fingerprint density at radius 3 is 1.68 bits per heavy atom. The van der Waals surface area contributed by atoms with Gasteiger partial charge in [0, 0.05) is 13.0 Å². The van der Waals surface area contributed by atoms with E-state index in [0.717, 1.165) is 83.5 Å². The van der Waals surface area contributed by atoms with E-state index in [2.05, 4.69) is 92.1 Å². The zero-order valence-electron chi connectivity index (χ0n) is 33.5. The Morgan fingerprint density at radius 1 is 0.642 bits per heavy atom. The summed E-state index contributed by atoms with van der Waals surface area (Å²) >= 11 is 0. The van der Waals surface area contributed by atoms with E-state index in [9.17, 15) is 19.4 Å². The Kier molecular flexibility index (Phi) is 37.7. The largest absolute Gasteiger partial charge is 0.472 e. The number of carbonyl (C=O) groups is 1. The summed E-state index contributed by atoms with van der Waals surface area (Å²) in [6.07, 6.45) is 52.1. The number of hydrogen-bond acceptors (Lipinski definition) is 6. The van der Waals surface area contributed by atoms with Crippen molar-refractivity contribution in [3.63, 3.8) is 0 Å². The van der Waals surface area contributed by atoms with Gasteiger partial charge in [-0.3, -0.25) is 13.8 Å². The van der Waals surface area contributed by atoms with Gasteiger partial charge in [-0.15, -0.1) is 0 Å². The highest BCUT2D eigenvalue weighted by Gasteiger charge is 2.26. The highest BCUT2D eigenvalue weighted by Crippen LogP contribution is 2.43. The Balaban J connectivity index is 4.24. The lowest BCUT2D eigenvalue weighted by Gasteiger charge is -2.23. The quantitative estimate of drug-likeness (QED) is 0.0282. The first-order valence-corrected chi connectivity index (χ1v) is 22.2. The van der Waals surface area contributed by atoms with Crippen LogP contribution in [0.3, 0.4) is 0 Å². The standard InChI is InChI=1S/C44H77N2O6P/c1-3-5-7-9-11-13-15-16-17-18-19-20-21-22-23-24-25-26-28-30-32-34-36-38-44(48)46-42(41-52-53(49,50)51-40-39-45)43(47)37-35-33-31-29-27-14-12-10-8-6-4-2/h5,7,11,13,16-17,19-20,22-23,27,29,35,37,42-43,47H,3-4,6,8-10,12,14-15,18,21,24-26,28,30-34,36,38-41,45H2,1-2H3,(H,46,48)(H,49,50)/b7-5-,13-11-,17-16-,20-19-,23-22-,29-27+,37-35+. The second-order valence-corrected chi connectivity index (χ2v) is 14.9. The third-order valence-electron chi connectivity index (χ3n) is 8.45. The van der Waals surface area contributed by atoms with E-state index in [1.807, 2.05) is 6.08 Å². The molecule has 0 aromatic carbocycles. The molecule has 5 N–H and O–H groups in total. The summed E-state index contributed by atoms with van der Waals surface area (Å²) in [4.78, 5) is 22.6. The van der Waals surface area contributed by atoms with Gasteiger partial charge in [0.15, 0.2) is 0 Å². The van der Waals surface area contributed by atoms with Crippen LogP contribution in [0.5, 0.6) is 0 Å². The molecule has 3 atom stereocenters. The number of amides is 1. The number of phosphoric ester groups is 1. The third kappa shape index (κ3) is 37.8. The van der Waals surface area contributed by atoms with Gasteiger partial charge >= 0.3 is 7.82 Å². The first kappa shape index (κ1) is 50.7. The number of aliphatic hydroxyl groups excluding tert-OH is 1. The van der Waals surface area contributed by atoms with Crippen LogP contribution >= 0.6 is 7.82 Å². The summed E-state index contributed by atoms with van der Waals surface area (Å²) in [6.45, 7) is 3.94. The SMILES string of the molecule is CC/C=C\C/C=C\C/C=C\C/C=C\C/C=C\CCCCCCCCCC(=O)NC(COP(=O)(O)OCCN)C(O)/C=C/CC/C=C/CCCCCCC. The van der Waals surface area contributed by atoms with Crippen molar-refractivity contribution in [3.8, 4) is 0 Å². The lowest BCUT2D eigenvalue weighted by molar-refractivity contribution is -0.123. The molecule has 304 valence electrons. The predicted molar refractivity (Wildman–Crippen MR) is 226 cm³/mol. The average molecular weight is 761 g/mol.